The summed E-state index contributed by atoms with van der Waals surface area (Å²) in [5, 5.41) is 8.93. The highest BCUT2D eigenvalue weighted by Gasteiger charge is 2.28. The van der Waals surface area contributed by atoms with Crippen molar-refractivity contribution in [1.82, 2.24) is 0 Å². The molecule has 0 fully saturated rings. The van der Waals surface area contributed by atoms with Crippen LogP contribution in [0.3, 0.4) is 0 Å². The van der Waals surface area contributed by atoms with Crippen LogP contribution in [0.5, 0.6) is 0 Å². The van der Waals surface area contributed by atoms with Gasteiger partial charge in [0.05, 0.1) is 13.2 Å². The first-order valence-electron chi connectivity index (χ1n) is 27.0. The zero-order valence-corrected chi connectivity index (χ0v) is 43.2. The van der Waals surface area contributed by atoms with E-state index < -0.39 is 51.1 Å². The van der Waals surface area contributed by atoms with E-state index in [1.165, 1.54) is 173 Å². The number of allylic oxidation sites excluding steroid dienone is 6. The third-order valence-electron chi connectivity index (χ3n) is 11.8. The number of unbranched alkanes of at least 4 members (excludes halogenated alkanes) is 31. The predicted molar refractivity (Wildman–Crippen MR) is 272 cm³/mol. The standard InChI is InChI=1S/C54H100NO10P/c1-3-5-7-9-11-13-15-17-19-21-23-24-25-26-28-30-32-34-36-38-40-42-44-46-53(57)65-50(48-63-66(60,61)64-49-51(55)54(58)59)47-62-52(56)45-43-41-39-37-35-33-31-29-27-22-20-18-16-14-12-10-8-6-4-2/h18,20,30,32,38,40,50-51H,3-17,19,21-29,31,33-37,39,41-49,55H2,1-2H3,(H,58,59)(H,60,61)/b20-18+,32-30+,40-38+/t50-,51+/m1/s1. The number of rotatable bonds is 51. The topological polar surface area (TPSA) is 172 Å². The molecule has 0 radical (unpaired) electrons. The van der Waals surface area contributed by atoms with E-state index in [1.54, 1.807) is 0 Å². The fraction of sp³-hybridized carbons (Fsp3) is 0.833. The van der Waals surface area contributed by atoms with Gasteiger partial charge in [-0.1, -0.05) is 211 Å². The number of aliphatic carboxylic acids is 1. The summed E-state index contributed by atoms with van der Waals surface area (Å²) in [5.74, 6) is -2.42. The normalized spacial score (nSPS) is 13.8. The van der Waals surface area contributed by atoms with Crippen LogP contribution in [0.1, 0.15) is 258 Å². The molecule has 66 heavy (non-hydrogen) atoms. The van der Waals surface area contributed by atoms with Gasteiger partial charge >= 0.3 is 25.7 Å². The maximum Gasteiger partial charge on any atom is 0.472 e. The van der Waals surface area contributed by atoms with Gasteiger partial charge in [0.15, 0.2) is 6.10 Å². The molecular weight excluding hydrogens is 854 g/mol. The Hall–Kier alpha value is -2.30. The Morgan fingerprint density at radius 2 is 0.788 bits per heavy atom. The number of carbonyl (C=O) groups excluding carboxylic acids is 2. The molecule has 0 aromatic heterocycles. The Kier molecular flexibility index (Phi) is 47.4. The quantitative estimate of drug-likeness (QED) is 0.0229. The summed E-state index contributed by atoms with van der Waals surface area (Å²) in [4.78, 5) is 46.2. The number of hydrogen-bond acceptors (Lipinski definition) is 9. The molecule has 0 bridgehead atoms. The van der Waals surface area contributed by atoms with E-state index in [0.29, 0.717) is 19.3 Å². The van der Waals surface area contributed by atoms with E-state index in [-0.39, 0.29) is 19.4 Å². The van der Waals surface area contributed by atoms with E-state index in [0.717, 1.165) is 38.5 Å². The number of nitrogens with two attached hydrogens (primary N) is 1. The summed E-state index contributed by atoms with van der Waals surface area (Å²) in [6, 6.07) is -1.53. The highest BCUT2D eigenvalue weighted by molar-refractivity contribution is 7.47. The molecule has 0 aliphatic carbocycles. The molecule has 0 rings (SSSR count). The zero-order chi connectivity index (χ0) is 48.4. The highest BCUT2D eigenvalue weighted by atomic mass is 31.2. The SMILES string of the molecule is CCCCCCCC/C=C/CCCCCCCCCCCC(=O)OC[C@H](COP(=O)(O)OC[C@H](N)C(=O)O)OC(=O)CCC/C=C/CC/C=C/CCCCCCCCCCCCCCCC. The first kappa shape index (κ1) is 63.7. The van der Waals surface area contributed by atoms with Crippen molar-refractivity contribution in [3.63, 3.8) is 0 Å². The summed E-state index contributed by atoms with van der Waals surface area (Å²) in [5.41, 5.74) is 5.35. The molecule has 12 heteroatoms. The van der Waals surface area contributed by atoms with E-state index in [4.69, 9.17) is 24.8 Å². The molecular formula is C54H100NO10P. The third-order valence-corrected chi connectivity index (χ3v) is 12.8. The molecule has 0 saturated carbocycles. The number of carbonyl (C=O) groups is 3. The smallest absolute Gasteiger partial charge is 0.472 e. The second kappa shape index (κ2) is 49.1. The fourth-order valence-electron chi connectivity index (χ4n) is 7.61. The number of phosphoric acid groups is 1. The lowest BCUT2D eigenvalue weighted by Crippen LogP contribution is -2.34. The Labute approximate surface area is 403 Å². The lowest BCUT2D eigenvalue weighted by atomic mass is 10.0. The average molecular weight is 954 g/mol. The first-order valence-corrected chi connectivity index (χ1v) is 28.5. The largest absolute Gasteiger partial charge is 0.480 e. The van der Waals surface area contributed by atoms with Gasteiger partial charge in [0.2, 0.25) is 0 Å². The summed E-state index contributed by atoms with van der Waals surface area (Å²) >= 11 is 0. The summed E-state index contributed by atoms with van der Waals surface area (Å²) in [7, 11) is -4.73. The van der Waals surface area contributed by atoms with Gasteiger partial charge in [-0.2, -0.15) is 0 Å². The van der Waals surface area contributed by atoms with Crippen LogP contribution in [0.2, 0.25) is 0 Å². The van der Waals surface area contributed by atoms with Crippen LogP contribution in [-0.2, 0) is 37.5 Å². The molecule has 0 aliphatic heterocycles. The second-order valence-corrected chi connectivity index (χ2v) is 19.8. The van der Waals surface area contributed by atoms with Crippen LogP contribution < -0.4 is 5.73 Å². The van der Waals surface area contributed by atoms with Crippen molar-refractivity contribution in [3.8, 4) is 0 Å². The highest BCUT2D eigenvalue weighted by Crippen LogP contribution is 2.43. The molecule has 0 heterocycles. The summed E-state index contributed by atoms with van der Waals surface area (Å²) in [6.07, 6.45) is 56.5. The Morgan fingerprint density at radius 3 is 1.20 bits per heavy atom. The Bertz CT molecular complexity index is 1260. The van der Waals surface area contributed by atoms with Gasteiger partial charge in [-0.15, -0.1) is 0 Å². The number of carboxylic acid groups (broad SMARTS) is 1. The predicted octanol–water partition coefficient (Wildman–Crippen LogP) is 15.5. The zero-order valence-electron chi connectivity index (χ0n) is 42.3. The van der Waals surface area contributed by atoms with Crippen molar-refractivity contribution in [2.45, 2.75) is 270 Å². The molecule has 0 amide bonds. The molecule has 11 nitrogen and oxygen atoms in total. The van der Waals surface area contributed by atoms with Crippen LogP contribution in [0.15, 0.2) is 36.5 Å². The lowest BCUT2D eigenvalue weighted by Gasteiger charge is -2.20. The minimum atomic E-state index is -4.73. The van der Waals surface area contributed by atoms with E-state index in [2.05, 4.69) is 54.8 Å². The Morgan fingerprint density at radius 1 is 0.455 bits per heavy atom. The number of carboxylic acids is 1. The van der Waals surface area contributed by atoms with Crippen molar-refractivity contribution in [2.75, 3.05) is 19.8 Å². The van der Waals surface area contributed by atoms with Crippen LogP contribution in [-0.4, -0.2) is 59.9 Å². The Balaban J connectivity index is 4.26. The molecule has 0 aromatic rings. The van der Waals surface area contributed by atoms with Gasteiger partial charge in [-0.05, 0) is 70.6 Å². The minimum Gasteiger partial charge on any atom is -0.480 e. The summed E-state index contributed by atoms with van der Waals surface area (Å²) in [6.45, 7) is 2.81. The van der Waals surface area contributed by atoms with Crippen molar-refractivity contribution in [2.24, 2.45) is 5.73 Å². The lowest BCUT2D eigenvalue weighted by molar-refractivity contribution is -0.161. The van der Waals surface area contributed by atoms with Gasteiger partial charge in [-0.25, -0.2) is 4.57 Å². The van der Waals surface area contributed by atoms with Crippen LogP contribution >= 0.6 is 7.82 Å². The maximum absolute atomic E-state index is 12.7. The van der Waals surface area contributed by atoms with Crippen molar-refractivity contribution in [1.29, 1.82) is 0 Å². The van der Waals surface area contributed by atoms with E-state index in [9.17, 15) is 23.8 Å². The minimum absolute atomic E-state index is 0.103. The molecule has 3 atom stereocenters. The number of esters is 2. The number of ether oxygens (including phenoxy) is 2. The fourth-order valence-corrected chi connectivity index (χ4v) is 8.39. The monoisotopic (exact) mass is 954 g/mol. The van der Waals surface area contributed by atoms with Gasteiger partial charge in [0.25, 0.3) is 0 Å². The maximum atomic E-state index is 12.7. The van der Waals surface area contributed by atoms with Crippen molar-refractivity contribution in [3.05, 3.63) is 36.5 Å². The molecule has 0 spiro atoms. The second-order valence-electron chi connectivity index (χ2n) is 18.3. The van der Waals surface area contributed by atoms with Gasteiger partial charge in [0, 0.05) is 12.8 Å². The summed E-state index contributed by atoms with van der Waals surface area (Å²) < 4.78 is 32.8. The molecule has 386 valence electrons. The van der Waals surface area contributed by atoms with Crippen molar-refractivity contribution >= 4 is 25.7 Å². The van der Waals surface area contributed by atoms with Gasteiger partial charge in [0.1, 0.15) is 12.6 Å². The van der Waals surface area contributed by atoms with Crippen LogP contribution in [0.4, 0.5) is 0 Å². The van der Waals surface area contributed by atoms with Crippen molar-refractivity contribution < 1.29 is 47.5 Å². The van der Waals surface area contributed by atoms with E-state index >= 15 is 0 Å². The third kappa shape index (κ3) is 48.2. The van der Waals surface area contributed by atoms with Gasteiger partial charge < -0.3 is 25.2 Å². The molecule has 0 saturated heterocycles. The number of hydrogen-bond donors (Lipinski definition) is 3. The van der Waals surface area contributed by atoms with Crippen LogP contribution in [0, 0.1) is 0 Å². The number of phosphoric ester groups is 1. The average Bonchev–Trinajstić information content (AvgIpc) is 3.30. The molecule has 0 aliphatic rings. The van der Waals surface area contributed by atoms with E-state index in [1.807, 2.05) is 0 Å². The van der Waals surface area contributed by atoms with Gasteiger partial charge in [-0.3, -0.25) is 23.4 Å². The molecule has 0 aromatic carbocycles. The van der Waals surface area contributed by atoms with Crippen LogP contribution in [0.25, 0.3) is 0 Å². The molecule has 4 N–H and O–H groups in total. The molecule has 1 unspecified atom stereocenters. The first-order chi connectivity index (χ1) is 32.1.